The number of nitrogens with zero attached hydrogens (tertiary/aromatic N) is 2. The van der Waals surface area contributed by atoms with Gasteiger partial charge in [-0.25, -0.2) is 0 Å². The third-order valence-electron chi connectivity index (χ3n) is 5.05. The van der Waals surface area contributed by atoms with Crippen LogP contribution in [0.1, 0.15) is 46.0 Å². The van der Waals surface area contributed by atoms with Crippen molar-refractivity contribution >= 4 is 5.91 Å². The molecule has 0 bridgehead atoms. The lowest BCUT2D eigenvalue weighted by atomic mass is 10.0. The average molecular weight is 311 g/mol. The van der Waals surface area contributed by atoms with Gasteiger partial charge in [-0.05, 0) is 59.0 Å². The van der Waals surface area contributed by atoms with E-state index < -0.39 is 0 Å². The molecule has 128 valence electrons. The highest BCUT2D eigenvalue weighted by atomic mass is 16.5. The summed E-state index contributed by atoms with van der Waals surface area (Å²) >= 11 is 0. The van der Waals surface area contributed by atoms with E-state index in [1.54, 1.807) is 0 Å². The molecule has 2 fully saturated rings. The van der Waals surface area contributed by atoms with E-state index in [1.165, 1.54) is 38.8 Å². The fourth-order valence-electron chi connectivity index (χ4n) is 3.59. The molecule has 1 amide bonds. The summed E-state index contributed by atoms with van der Waals surface area (Å²) in [6.07, 6.45) is 6.04. The zero-order chi connectivity index (χ0) is 15.8. The van der Waals surface area contributed by atoms with Gasteiger partial charge in [0, 0.05) is 38.9 Å². The minimum absolute atomic E-state index is 0.00776. The zero-order valence-corrected chi connectivity index (χ0v) is 14.4. The number of nitrogens with one attached hydrogen (secondary N) is 1. The lowest BCUT2D eigenvalue weighted by Crippen LogP contribution is -2.51. The van der Waals surface area contributed by atoms with Crippen LogP contribution in [-0.4, -0.2) is 73.7 Å². The molecule has 2 aliphatic heterocycles. The second kappa shape index (κ2) is 9.48. The molecule has 0 aliphatic carbocycles. The van der Waals surface area contributed by atoms with Gasteiger partial charge in [0.2, 0.25) is 5.91 Å². The summed E-state index contributed by atoms with van der Waals surface area (Å²) < 4.78 is 5.29. The molecule has 0 radical (unpaired) electrons. The van der Waals surface area contributed by atoms with E-state index in [1.807, 2.05) is 13.8 Å². The zero-order valence-electron chi connectivity index (χ0n) is 14.4. The van der Waals surface area contributed by atoms with Gasteiger partial charge >= 0.3 is 0 Å². The van der Waals surface area contributed by atoms with Crippen molar-refractivity contribution in [3.8, 4) is 0 Å². The largest absolute Gasteiger partial charge is 0.382 e. The molecular weight excluding hydrogens is 278 g/mol. The third kappa shape index (κ3) is 5.21. The van der Waals surface area contributed by atoms with E-state index in [2.05, 4.69) is 15.1 Å². The Labute approximate surface area is 135 Å². The SMILES string of the molecule is CCOCCCNC(=O)C(C)N1CCC(N2CCCC2)CC1. The Hall–Kier alpha value is -0.650. The maximum absolute atomic E-state index is 12.2. The molecule has 5 nitrogen and oxygen atoms in total. The maximum atomic E-state index is 12.2. The molecule has 0 saturated carbocycles. The molecule has 0 aromatic rings. The predicted molar refractivity (Wildman–Crippen MR) is 89.0 cm³/mol. The number of ether oxygens (including phenoxy) is 1. The van der Waals surface area contributed by atoms with Crippen molar-refractivity contribution < 1.29 is 9.53 Å². The molecule has 2 heterocycles. The van der Waals surface area contributed by atoms with Crippen molar-refractivity contribution in [2.24, 2.45) is 0 Å². The molecular formula is C17H33N3O2. The van der Waals surface area contributed by atoms with Gasteiger partial charge in [-0.2, -0.15) is 0 Å². The Morgan fingerprint density at radius 1 is 1.23 bits per heavy atom. The average Bonchev–Trinajstić information content (AvgIpc) is 3.08. The van der Waals surface area contributed by atoms with Gasteiger partial charge in [0.25, 0.3) is 0 Å². The summed E-state index contributed by atoms with van der Waals surface area (Å²) in [4.78, 5) is 17.2. The van der Waals surface area contributed by atoms with Gasteiger partial charge in [-0.1, -0.05) is 0 Å². The molecule has 0 spiro atoms. The molecule has 2 aliphatic rings. The van der Waals surface area contributed by atoms with Crippen LogP contribution >= 0.6 is 0 Å². The van der Waals surface area contributed by atoms with Crippen molar-refractivity contribution in [1.82, 2.24) is 15.1 Å². The van der Waals surface area contributed by atoms with Crippen LogP contribution in [0.5, 0.6) is 0 Å². The highest BCUT2D eigenvalue weighted by Crippen LogP contribution is 2.22. The number of carbonyl (C=O) groups is 1. The lowest BCUT2D eigenvalue weighted by molar-refractivity contribution is -0.126. The molecule has 22 heavy (non-hydrogen) atoms. The van der Waals surface area contributed by atoms with E-state index in [4.69, 9.17) is 4.74 Å². The van der Waals surface area contributed by atoms with Crippen LogP contribution in [0.15, 0.2) is 0 Å². The van der Waals surface area contributed by atoms with Gasteiger partial charge in [0.1, 0.15) is 0 Å². The third-order valence-corrected chi connectivity index (χ3v) is 5.05. The molecule has 0 aromatic heterocycles. The van der Waals surface area contributed by atoms with Gasteiger partial charge in [0.15, 0.2) is 0 Å². The van der Waals surface area contributed by atoms with Crippen molar-refractivity contribution in [3.63, 3.8) is 0 Å². The number of carbonyl (C=O) groups excluding carboxylic acids is 1. The molecule has 1 N–H and O–H groups in total. The topological polar surface area (TPSA) is 44.8 Å². The first-order valence-corrected chi connectivity index (χ1v) is 9.06. The highest BCUT2D eigenvalue weighted by molar-refractivity contribution is 5.81. The Kier molecular flexibility index (Phi) is 7.63. The van der Waals surface area contributed by atoms with Gasteiger partial charge in [-0.15, -0.1) is 0 Å². The number of hydrogen-bond donors (Lipinski definition) is 1. The second-order valence-corrected chi connectivity index (χ2v) is 6.53. The number of rotatable bonds is 8. The minimum Gasteiger partial charge on any atom is -0.382 e. The van der Waals surface area contributed by atoms with Crippen LogP contribution < -0.4 is 5.32 Å². The summed E-state index contributed by atoms with van der Waals surface area (Å²) in [5.74, 6) is 0.163. The first-order valence-electron chi connectivity index (χ1n) is 9.06. The van der Waals surface area contributed by atoms with E-state index in [9.17, 15) is 4.79 Å². The highest BCUT2D eigenvalue weighted by Gasteiger charge is 2.30. The monoisotopic (exact) mass is 311 g/mol. The second-order valence-electron chi connectivity index (χ2n) is 6.53. The van der Waals surface area contributed by atoms with Crippen molar-refractivity contribution in [2.45, 2.75) is 58.0 Å². The van der Waals surface area contributed by atoms with Gasteiger partial charge in [0.05, 0.1) is 6.04 Å². The van der Waals surface area contributed by atoms with Crippen molar-refractivity contribution in [3.05, 3.63) is 0 Å². The van der Waals surface area contributed by atoms with Crippen LogP contribution in [0.4, 0.5) is 0 Å². The Balaban J connectivity index is 1.63. The summed E-state index contributed by atoms with van der Waals surface area (Å²) in [6, 6.07) is 0.742. The molecule has 2 rings (SSSR count). The normalized spacial score (nSPS) is 22.8. The number of hydrogen-bond acceptors (Lipinski definition) is 4. The van der Waals surface area contributed by atoms with E-state index in [0.717, 1.165) is 38.8 Å². The summed E-state index contributed by atoms with van der Waals surface area (Å²) in [5, 5.41) is 3.03. The summed E-state index contributed by atoms with van der Waals surface area (Å²) in [6.45, 7) is 10.9. The fourth-order valence-corrected chi connectivity index (χ4v) is 3.59. The Morgan fingerprint density at radius 3 is 2.55 bits per heavy atom. The Morgan fingerprint density at radius 2 is 1.91 bits per heavy atom. The van der Waals surface area contributed by atoms with Crippen molar-refractivity contribution in [1.29, 1.82) is 0 Å². The van der Waals surface area contributed by atoms with Crippen LogP contribution in [-0.2, 0) is 9.53 Å². The summed E-state index contributed by atoms with van der Waals surface area (Å²) in [5.41, 5.74) is 0. The van der Waals surface area contributed by atoms with Crippen molar-refractivity contribution in [2.75, 3.05) is 45.9 Å². The van der Waals surface area contributed by atoms with E-state index >= 15 is 0 Å². The van der Waals surface area contributed by atoms with Gasteiger partial charge in [-0.3, -0.25) is 9.69 Å². The molecule has 2 saturated heterocycles. The molecule has 1 unspecified atom stereocenters. The molecule has 0 aromatic carbocycles. The molecule has 1 atom stereocenters. The predicted octanol–water partition coefficient (Wildman–Crippen LogP) is 1.48. The number of likely N-dealkylation sites (tertiary alicyclic amines) is 2. The smallest absolute Gasteiger partial charge is 0.237 e. The Bertz CT molecular complexity index is 324. The van der Waals surface area contributed by atoms with Gasteiger partial charge < -0.3 is 15.0 Å². The first-order chi connectivity index (χ1) is 10.7. The minimum atomic E-state index is -0.00776. The fraction of sp³-hybridized carbons (Fsp3) is 0.941. The van der Waals surface area contributed by atoms with E-state index in [-0.39, 0.29) is 11.9 Å². The van der Waals surface area contributed by atoms with Crippen LogP contribution in [0.3, 0.4) is 0 Å². The standard InChI is InChI=1S/C17H33N3O2/c1-3-22-14-6-9-18-17(21)15(2)19-12-7-16(8-13-19)20-10-4-5-11-20/h15-16H,3-14H2,1-2H3,(H,18,21). The lowest BCUT2D eigenvalue weighted by Gasteiger charge is -2.38. The maximum Gasteiger partial charge on any atom is 0.237 e. The quantitative estimate of drug-likeness (QED) is 0.690. The summed E-state index contributed by atoms with van der Waals surface area (Å²) in [7, 11) is 0. The first kappa shape index (κ1) is 17.7. The van der Waals surface area contributed by atoms with Crippen LogP contribution in [0.25, 0.3) is 0 Å². The van der Waals surface area contributed by atoms with Crippen LogP contribution in [0, 0.1) is 0 Å². The molecule has 5 heteroatoms. The number of piperidine rings is 1. The van der Waals surface area contributed by atoms with Crippen LogP contribution in [0.2, 0.25) is 0 Å². The number of amides is 1. The van der Waals surface area contributed by atoms with E-state index in [0.29, 0.717) is 6.54 Å².